The Balaban J connectivity index is 0.000000569. The Morgan fingerprint density at radius 3 is 3.04 bits per heavy atom. The van der Waals surface area contributed by atoms with Crippen LogP contribution >= 0.6 is 11.8 Å². The lowest BCUT2D eigenvalue weighted by atomic mass is 10.0. The molecule has 0 spiro atoms. The van der Waals surface area contributed by atoms with Gasteiger partial charge in [0, 0.05) is 18.1 Å². The van der Waals surface area contributed by atoms with Crippen LogP contribution in [0.15, 0.2) is 29.7 Å². The summed E-state index contributed by atoms with van der Waals surface area (Å²) in [5, 5.41) is 7.84. The molecule has 0 atom stereocenters. The molecule has 7 nitrogen and oxygen atoms in total. The number of hydrogen-bond donors (Lipinski definition) is 3. The van der Waals surface area contributed by atoms with E-state index in [1.807, 2.05) is 10.6 Å². The van der Waals surface area contributed by atoms with Gasteiger partial charge >= 0.3 is 0 Å². The molecule has 0 aliphatic heterocycles. The van der Waals surface area contributed by atoms with Gasteiger partial charge in [-0.3, -0.25) is 9.20 Å². The van der Waals surface area contributed by atoms with Crippen LogP contribution in [0, 0.1) is 0 Å². The summed E-state index contributed by atoms with van der Waals surface area (Å²) < 4.78 is 2.03. The number of carbonyl (C=O) groups is 1. The fourth-order valence-electron chi connectivity index (χ4n) is 2.89. The number of nitrogens with zero attached hydrogens (tertiary/aromatic N) is 3. The monoisotopic (exact) mass is 357 g/mol. The van der Waals surface area contributed by atoms with Gasteiger partial charge in [0.15, 0.2) is 5.16 Å². The summed E-state index contributed by atoms with van der Waals surface area (Å²) in [4.78, 5) is 20.9. The van der Waals surface area contributed by atoms with Crippen molar-refractivity contribution in [1.29, 1.82) is 0 Å². The Hall–Kier alpha value is -2.74. The van der Waals surface area contributed by atoms with Gasteiger partial charge in [0.1, 0.15) is 17.0 Å². The van der Waals surface area contributed by atoms with Crippen molar-refractivity contribution in [3.05, 3.63) is 35.8 Å². The number of nitrogens with one attached hydrogen (secondary N) is 1. The predicted octanol–water partition coefficient (Wildman–Crippen LogP) is 3.08. The molecule has 0 unspecified atom stereocenters. The van der Waals surface area contributed by atoms with Gasteiger partial charge in [0.05, 0.1) is 5.69 Å². The van der Waals surface area contributed by atoms with Gasteiger partial charge in [0.25, 0.3) is 6.47 Å². The lowest BCUT2D eigenvalue weighted by molar-refractivity contribution is -0.122. The molecule has 0 amide bonds. The Morgan fingerprint density at radius 2 is 2.32 bits per heavy atom. The fourth-order valence-corrected chi connectivity index (χ4v) is 3.60. The van der Waals surface area contributed by atoms with Crippen molar-refractivity contribution in [2.45, 2.75) is 24.9 Å². The average Bonchev–Trinajstić information content (AvgIpc) is 3.18. The third-order valence-corrected chi connectivity index (χ3v) is 4.71. The standard InChI is InChI=1S/C16H17N5S.CH2O2/c1-2-22-16-20-13(14-15(17)18-7-8-21(14)16)12-9-10-5-3-4-6-11(10)19-12;2-1-3/h4,6-9,19H,2-3,5H2,1H3,(H2,17,18);1H,(H,2,3). The summed E-state index contributed by atoms with van der Waals surface area (Å²) in [7, 11) is 0. The number of nitrogen functional groups attached to an aromatic ring is 1. The van der Waals surface area contributed by atoms with Crippen molar-refractivity contribution in [3.63, 3.8) is 0 Å². The van der Waals surface area contributed by atoms with E-state index >= 15 is 0 Å². The van der Waals surface area contributed by atoms with E-state index in [-0.39, 0.29) is 6.47 Å². The van der Waals surface area contributed by atoms with Gasteiger partial charge in [-0.1, -0.05) is 24.8 Å². The minimum Gasteiger partial charge on any atom is -0.483 e. The van der Waals surface area contributed by atoms with Gasteiger partial charge in [-0.2, -0.15) is 0 Å². The first-order valence-corrected chi connectivity index (χ1v) is 8.90. The number of rotatable bonds is 3. The first-order chi connectivity index (χ1) is 12.2. The van der Waals surface area contributed by atoms with Crippen LogP contribution in [-0.4, -0.2) is 36.7 Å². The zero-order chi connectivity index (χ0) is 17.8. The number of aryl methyl sites for hydroxylation is 1. The van der Waals surface area contributed by atoms with Gasteiger partial charge in [-0.15, -0.1) is 0 Å². The second-order valence-corrected chi connectivity index (χ2v) is 6.61. The number of aromatic nitrogens is 4. The molecule has 8 heteroatoms. The predicted molar refractivity (Wildman–Crippen MR) is 99.6 cm³/mol. The molecule has 0 fully saturated rings. The molecule has 0 saturated heterocycles. The second-order valence-electron chi connectivity index (χ2n) is 5.38. The summed E-state index contributed by atoms with van der Waals surface area (Å²) in [6, 6.07) is 2.19. The number of aromatic amines is 1. The van der Waals surface area contributed by atoms with E-state index in [2.05, 4.69) is 35.1 Å². The Labute approximate surface area is 149 Å². The van der Waals surface area contributed by atoms with E-state index in [1.54, 1.807) is 18.0 Å². The van der Waals surface area contributed by atoms with Crippen LogP contribution in [0.3, 0.4) is 0 Å². The zero-order valence-electron chi connectivity index (χ0n) is 13.8. The number of thioether (sulfide) groups is 1. The molecular formula is C17H19N5O2S. The van der Waals surface area contributed by atoms with E-state index in [4.69, 9.17) is 20.6 Å². The Bertz CT molecular complexity index is 929. The number of nitrogens with two attached hydrogens (primary N) is 1. The lowest BCUT2D eigenvalue weighted by Crippen LogP contribution is -1.96. The van der Waals surface area contributed by atoms with Crippen LogP contribution in [-0.2, 0) is 11.2 Å². The molecule has 1 aliphatic rings. The summed E-state index contributed by atoms with van der Waals surface area (Å²) in [6.45, 7) is 1.87. The number of hydrogen-bond acceptors (Lipinski definition) is 5. The van der Waals surface area contributed by atoms with E-state index in [1.165, 1.54) is 11.3 Å². The van der Waals surface area contributed by atoms with Gasteiger partial charge in [-0.05, 0) is 36.3 Å². The second kappa shape index (κ2) is 7.43. The Morgan fingerprint density at radius 1 is 1.52 bits per heavy atom. The van der Waals surface area contributed by atoms with Crippen molar-refractivity contribution in [2.24, 2.45) is 0 Å². The normalized spacial score (nSPS) is 12.5. The van der Waals surface area contributed by atoms with Crippen LogP contribution in [0.2, 0.25) is 0 Å². The maximum absolute atomic E-state index is 8.36. The van der Waals surface area contributed by atoms with Crippen molar-refractivity contribution in [3.8, 4) is 11.4 Å². The van der Waals surface area contributed by atoms with E-state index in [9.17, 15) is 0 Å². The summed E-state index contributed by atoms with van der Waals surface area (Å²) in [5.74, 6) is 1.47. The highest BCUT2D eigenvalue weighted by Crippen LogP contribution is 2.33. The highest BCUT2D eigenvalue weighted by Gasteiger charge is 2.19. The number of H-pyrrole nitrogens is 1. The Kier molecular flexibility index (Phi) is 5.08. The van der Waals surface area contributed by atoms with Crippen molar-refractivity contribution in [1.82, 2.24) is 19.4 Å². The fraction of sp³-hybridized carbons (Fsp3) is 0.235. The third kappa shape index (κ3) is 3.25. The molecule has 0 bridgehead atoms. The van der Waals surface area contributed by atoms with Crippen LogP contribution < -0.4 is 5.73 Å². The number of fused-ring (bicyclic) bond motifs is 2. The van der Waals surface area contributed by atoms with E-state index < -0.39 is 0 Å². The topological polar surface area (TPSA) is 109 Å². The summed E-state index contributed by atoms with van der Waals surface area (Å²) in [6.07, 6.45) is 10.1. The van der Waals surface area contributed by atoms with Crippen LogP contribution in [0.1, 0.15) is 24.6 Å². The average molecular weight is 357 g/mol. The van der Waals surface area contributed by atoms with E-state index in [0.29, 0.717) is 5.82 Å². The van der Waals surface area contributed by atoms with Crippen molar-refractivity contribution < 1.29 is 9.90 Å². The highest BCUT2D eigenvalue weighted by molar-refractivity contribution is 7.99. The third-order valence-electron chi connectivity index (χ3n) is 3.88. The highest BCUT2D eigenvalue weighted by atomic mass is 32.2. The number of imidazole rings is 1. The molecule has 130 valence electrons. The molecule has 25 heavy (non-hydrogen) atoms. The molecular weight excluding hydrogens is 338 g/mol. The van der Waals surface area contributed by atoms with Crippen LogP contribution in [0.4, 0.5) is 5.82 Å². The molecule has 0 radical (unpaired) electrons. The van der Waals surface area contributed by atoms with Gasteiger partial charge < -0.3 is 15.8 Å². The van der Waals surface area contributed by atoms with Gasteiger partial charge in [-0.25, -0.2) is 9.97 Å². The molecule has 0 aromatic carbocycles. The zero-order valence-corrected chi connectivity index (χ0v) is 14.6. The smallest absolute Gasteiger partial charge is 0.290 e. The summed E-state index contributed by atoms with van der Waals surface area (Å²) in [5.41, 5.74) is 11.4. The maximum Gasteiger partial charge on any atom is 0.290 e. The number of allylic oxidation sites excluding steroid dienone is 1. The number of anilines is 1. The first-order valence-electron chi connectivity index (χ1n) is 7.91. The lowest BCUT2D eigenvalue weighted by Gasteiger charge is -2.01. The maximum atomic E-state index is 8.36. The molecule has 3 aromatic rings. The molecule has 4 N–H and O–H groups in total. The van der Waals surface area contributed by atoms with E-state index in [0.717, 1.165) is 40.7 Å². The quantitative estimate of drug-likeness (QED) is 0.491. The van der Waals surface area contributed by atoms with Gasteiger partial charge in [0.2, 0.25) is 0 Å². The molecule has 4 rings (SSSR count). The molecule has 0 saturated carbocycles. The SMILES string of the molecule is CCSc1nc(-c2cc3c([nH]2)C=CCC3)c2c(N)nccn12.O=CO. The van der Waals surface area contributed by atoms with Crippen molar-refractivity contribution in [2.75, 3.05) is 11.5 Å². The molecule has 3 heterocycles. The molecule has 3 aromatic heterocycles. The van der Waals surface area contributed by atoms with Crippen molar-refractivity contribution >= 4 is 35.6 Å². The largest absolute Gasteiger partial charge is 0.483 e. The molecule has 1 aliphatic carbocycles. The summed E-state index contributed by atoms with van der Waals surface area (Å²) >= 11 is 1.70. The minimum absolute atomic E-state index is 0.250. The van der Waals surface area contributed by atoms with Crippen LogP contribution in [0.5, 0.6) is 0 Å². The minimum atomic E-state index is -0.250. The number of carboxylic acid groups (broad SMARTS) is 1. The van der Waals surface area contributed by atoms with Crippen LogP contribution in [0.25, 0.3) is 23.0 Å². The first kappa shape index (κ1) is 17.1.